The number of rotatable bonds is 7. The average Bonchev–Trinajstić information content (AvgIpc) is 2.69. The first-order valence-corrected chi connectivity index (χ1v) is 8.95. The number of ether oxygens (including phenoxy) is 1. The predicted octanol–water partition coefficient (Wildman–Crippen LogP) is 4.80. The summed E-state index contributed by atoms with van der Waals surface area (Å²) in [5.74, 6) is 0.744. The van der Waals surface area contributed by atoms with Crippen LogP contribution < -0.4 is 15.4 Å². The number of carbonyl (C=O) groups excluding carboxylic acids is 1. The van der Waals surface area contributed by atoms with Crippen LogP contribution in [0.5, 0.6) is 5.75 Å². The van der Waals surface area contributed by atoms with Gasteiger partial charge >= 0.3 is 0 Å². The van der Waals surface area contributed by atoms with Gasteiger partial charge < -0.3 is 15.4 Å². The van der Waals surface area contributed by atoms with Crippen LogP contribution in [0.1, 0.15) is 16.7 Å². The van der Waals surface area contributed by atoms with Crippen molar-refractivity contribution in [2.45, 2.75) is 19.9 Å². The summed E-state index contributed by atoms with van der Waals surface area (Å²) in [6.45, 7) is 2.88. The molecule has 4 nitrogen and oxygen atoms in total. The molecule has 0 heterocycles. The third kappa shape index (κ3) is 5.35. The van der Waals surface area contributed by atoms with Crippen molar-refractivity contribution in [3.63, 3.8) is 0 Å². The largest absolute Gasteiger partial charge is 0.497 e. The SMILES string of the molecule is COc1ccc(CC(=O)Nc2ccc(NCc3ccccc3C)cc2)cc1. The van der Waals surface area contributed by atoms with E-state index >= 15 is 0 Å². The summed E-state index contributed by atoms with van der Waals surface area (Å²) in [5.41, 5.74) is 5.30. The molecule has 0 radical (unpaired) electrons. The van der Waals surface area contributed by atoms with Crippen molar-refractivity contribution < 1.29 is 9.53 Å². The van der Waals surface area contributed by atoms with Gasteiger partial charge in [-0.15, -0.1) is 0 Å². The van der Waals surface area contributed by atoms with Crippen molar-refractivity contribution in [3.8, 4) is 5.75 Å². The molecular weight excluding hydrogens is 336 g/mol. The van der Waals surface area contributed by atoms with E-state index < -0.39 is 0 Å². The van der Waals surface area contributed by atoms with E-state index in [4.69, 9.17) is 4.74 Å². The Balaban J connectivity index is 1.52. The molecule has 0 bridgehead atoms. The Morgan fingerprint density at radius 3 is 2.22 bits per heavy atom. The molecule has 3 rings (SSSR count). The van der Waals surface area contributed by atoms with Gasteiger partial charge in [0.25, 0.3) is 0 Å². The minimum absolute atomic E-state index is 0.0409. The lowest BCUT2D eigenvalue weighted by molar-refractivity contribution is -0.115. The summed E-state index contributed by atoms with van der Waals surface area (Å²) in [6.07, 6.45) is 0.331. The highest BCUT2D eigenvalue weighted by Crippen LogP contribution is 2.17. The Morgan fingerprint density at radius 2 is 1.56 bits per heavy atom. The highest BCUT2D eigenvalue weighted by molar-refractivity contribution is 5.92. The third-order valence-corrected chi connectivity index (χ3v) is 4.44. The van der Waals surface area contributed by atoms with Crippen LogP contribution in [0.2, 0.25) is 0 Å². The van der Waals surface area contributed by atoms with Crippen LogP contribution in [0.25, 0.3) is 0 Å². The molecular formula is C23H24N2O2. The highest BCUT2D eigenvalue weighted by Gasteiger charge is 2.05. The lowest BCUT2D eigenvalue weighted by Crippen LogP contribution is -2.14. The molecule has 4 heteroatoms. The molecule has 0 saturated carbocycles. The van der Waals surface area contributed by atoms with Crippen LogP contribution in [0.4, 0.5) is 11.4 Å². The zero-order valence-corrected chi connectivity index (χ0v) is 15.7. The quantitative estimate of drug-likeness (QED) is 0.636. The van der Waals surface area contributed by atoms with Crippen molar-refractivity contribution in [3.05, 3.63) is 89.5 Å². The molecule has 2 N–H and O–H groups in total. The van der Waals surface area contributed by atoms with E-state index in [-0.39, 0.29) is 5.91 Å². The van der Waals surface area contributed by atoms with Gasteiger partial charge in [0.2, 0.25) is 5.91 Å². The minimum atomic E-state index is -0.0409. The number of anilines is 2. The van der Waals surface area contributed by atoms with Crippen molar-refractivity contribution in [2.24, 2.45) is 0 Å². The van der Waals surface area contributed by atoms with E-state index in [0.717, 1.165) is 29.2 Å². The van der Waals surface area contributed by atoms with Crippen molar-refractivity contribution in [1.82, 2.24) is 0 Å². The van der Waals surface area contributed by atoms with Gasteiger partial charge in [0.1, 0.15) is 5.75 Å². The molecule has 0 aliphatic heterocycles. The van der Waals surface area contributed by atoms with Crippen molar-refractivity contribution in [1.29, 1.82) is 0 Å². The fourth-order valence-electron chi connectivity index (χ4n) is 2.81. The summed E-state index contributed by atoms with van der Waals surface area (Å²) in [5, 5.41) is 6.34. The lowest BCUT2D eigenvalue weighted by Gasteiger charge is -2.10. The van der Waals surface area contributed by atoms with Gasteiger partial charge in [-0.05, 0) is 60.0 Å². The first-order valence-electron chi connectivity index (χ1n) is 8.95. The number of nitrogens with one attached hydrogen (secondary N) is 2. The van der Waals surface area contributed by atoms with Crippen LogP contribution in [0.15, 0.2) is 72.8 Å². The fourth-order valence-corrected chi connectivity index (χ4v) is 2.81. The molecule has 27 heavy (non-hydrogen) atoms. The monoisotopic (exact) mass is 360 g/mol. The zero-order chi connectivity index (χ0) is 19.1. The number of hydrogen-bond acceptors (Lipinski definition) is 3. The Bertz CT molecular complexity index is 887. The molecule has 138 valence electrons. The van der Waals surface area contributed by atoms with Crippen LogP contribution in [-0.4, -0.2) is 13.0 Å². The maximum absolute atomic E-state index is 12.2. The second kappa shape index (κ2) is 8.90. The van der Waals surface area contributed by atoms with Crippen LogP contribution in [0.3, 0.4) is 0 Å². The molecule has 0 atom stereocenters. The average molecular weight is 360 g/mol. The maximum Gasteiger partial charge on any atom is 0.228 e. The van der Waals surface area contributed by atoms with Crippen LogP contribution in [0, 0.1) is 6.92 Å². The summed E-state index contributed by atoms with van der Waals surface area (Å²) < 4.78 is 5.13. The number of hydrogen-bond donors (Lipinski definition) is 2. The van der Waals surface area contributed by atoms with Gasteiger partial charge in [0.05, 0.1) is 13.5 Å². The van der Waals surface area contributed by atoms with E-state index in [9.17, 15) is 4.79 Å². The summed E-state index contributed by atoms with van der Waals surface area (Å²) in [7, 11) is 1.63. The van der Waals surface area contributed by atoms with Gasteiger partial charge in [0, 0.05) is 17.9 Å². The first kappa shape index (κ1) is 18.5. The molecule has 0 fully saturated rings. The molecule has 3 aromatic carbocycles. The Labute approximate surface area is 160 Å². The molecule has 0 unspecified atom stereocenters. The normalized spacial score (nSPS) is 10.3. The molecule has 1 amide bonds. The smallest absolute Gasteiger partial charge is 0.228 e. The zero-order valence-electron chi connectivity index (χ0n) is 15.7. The van der Waals surface area contributed by atoms with Crippen LogP contribution >= 0.6 is 0 Å². The van der Waals surface area contributed by atoms with Gasteiger partial charge in [-0.1, -0.05) is 36.4 Å². The van der Waals surface area contributed by atoms with Gasteiger partial charge in [-0.3, -0.25) is 4.79 Å². The van der Waals surface area contributed by atoms with Crippen molar-refractivity contribution in [2.75, 3.05) is 17.7 Å². The molecule has 0 aromatic heterocycles. The first-order chi connectivity index (χ1) is 13.1. The van der Waals surface area contributed by atoms with Gasteiger partial charge in [-0.25, -0.2) is 0 Å². The Morgan fingerprint density at radius 1 is 0.889 bits per heavy atom. The van der Waals surface area contributed by atoms with Crippen LogP contribution in [-0.2, 0) is 17.8 Å². The molecule has 0 aliphatic carbocycles. The molecule has 0 saturated heterocycles. The second-order valence-electron chi connectivity index (χ2n) is 6.43. The summed E-state index contributed by atoms with van der Waals surface area (Å²) in [6, 6.07) is 23.6. The number of aryl methyl sites for hydroxylation is 1. The number of benzene rings is 3. The van der Waals surface area contributed by atoms with E-state index in [1.807, 2.05) is 60.7 Å². The van der Waals surface area contributed by atoms with E-state index in [2.05, 4.69) is 29.7 Å². The van der Waals surface area contributed by atoms with Gasteiger partial charge in [-0.2, -0.15) is 0 Å². The second-order valence-corrected chi connectivity index (χ2v) is 6.43. The predicted molar refractivity (Wildman–Crippen MR) is 110 cm³/mol. The van der Waals surface area contributed by atoms with Crippen molar-refractivity contribution >= 4 is 17.3 Å². The summed E-state index contributed by atoms with van der Waals surface area (Å²) in [4.78, 5) is 12.2. The minimum Gasteiger partial charge on any atom is -0.497 e. The molecule has 0 aliphatic rings. The lowest BCUT2D eigenvalue weighted by atomic mass is 10.1. The topological polar surface area (TPSA) is 50.4 Å². The third-order valence-electron chi connectivity index (χ3n) is 4.44. The fraction of sp³-hybridized carbons (Fsp3) is 0.174. The van der Waals surface area contributed by atoms with E-state index in [1.54, 1.807) is 7.11 Å². The summed E-state index contributed by atoms with van der Waals surface area (Å²) >= 11 is 0. The molecule has 0 spiro atoms. The number of carbonyl (C=O) groups is 1. The number of amides is 1. The van der Waals surface area contributed by atoms with E-state index in [0.29, 0.717) is 6.42 Å². The number of methoxy groups -OCH3 is 1. The van der Waals surface area contributed by atoms with Gasteiger partial charge in [0.15, 0.2) is 0 Å². The maximum atomic E-state index is 12.2. The molecule has 3 aromatic rings. The standard InChI is InChI=1S/C23H24N2O2/c1-17-5-3-4-6-19(17)16-24-20-9-11-21(12-10-20)25-23(26)15-18-7-13-22(27-2)14-8-18/h3-14,24H,15-16H2,1-2H3,(H,25,26). The highest BCUT2D eigenvalue weighted by atomic mass is 16.5. The Kier molecular flexibility index (Phi) is 6.10. The van der Waals surface area contributed by atoms with E-state index in [1.165, 1.54) is 11.1 Å². The Hall–Kier alpha value is -3.27.